The molecule has 5 nitrogen and oxygen atoms in total. The highest BCUT2D eigenvalue weighted by molar-refractivity contribution is 5.88. The topological polar surface area (TPSA) is 69.4 Å². The predicted octanol–water partition coefficient (Wildman–Crippen LogP) is 3.12. The van der Waals surface area contributed by atoms with Crippen molar-refractivity contribution in [3.05, 3.63) is 56.9 Å². The minimum atomic E-state index is -1.36. The van der Waals surface area contributed by atoms with Crippen molar-refractivity contribution in [2.75, 3.05) is 6.61 Å². The summed E-state index contributed by atoms with van der Waals surface area (Å²) in [6, 6.07) is -0.319. The van der Waals surface area contributed by atoms with Gasteiger partial charge in [-0.25, -0.2) is 18.0 Å². The van der Waals surface area contributed by atoms with Crippen molar-refractivity contribution in [3.63, 3.8) is 0 Å². The maximum atomic E-state index is 13.9. The Morgan fingerprint density at radius 1 is 1.30 bits per heavy atom. The second kappa shape index (κ2) is 6.80. The molecule has 2 unspecified atom stereocenters. The van der Waals surface area contributed by atoms with Gasteiger partial charge in [0.25, 0.3) is 0 Å². The van der Waals surface area contributed by atoms with Gasteiger partial charge in [0, 0.05) is 28.5 Å². The van der Waals surface area contributed by atoms with Crippen molar-refractivity contribution in [3.8, 4) is 0 Å². The average Bonchev–Trinajstić information content (AvgIpc) is 2.50. The van der Waals surface area contributed by atoms with Gasteiger partial charge in [0.05, 0.1) is 12.5 Å². The molecule has 0 aliphatic heterocycles. The summed E-state index contributed by atoms with van der Waals surface area (Å²) in [7, 11) is 0. The molecule has 0 spiro atoms. The Hall–Kier alpha value is -2.38. The molecule has 1 aromatic carbocycles. The number of hydrogen-bond acceptors (Lipinski definition) is 4. The minimum Gasteiger partial charge on any atom is -0.463 e. The van der Waals surface area contributed by atoms with Crippen molar-refractivity contribution >= 4 is 5.97 Å². The van der Waals surface area contributed by atoms with Crippen LogP contribution in [0.4, 0.5) is 13.2 Å². The number of rotatable bonds is 4. The van der Waals surface area contributed by atoms with Gasteiger partial charge >= 0.3 is 5.97 Å². The zero-order valence-electron chi connectivity index (χ0n) is 12.2. The molecule has 124 valence electrons. The lowest BCUT2D eigenvalue weighted by Crippen LogP contribution is -2.33. The first-order chi connectivity index (χ1) is 10.8. The molecular weight excluding hydrogens is 315 g/mol. The van der Waals surface area contributed by atoms with E-state index in [0.717, 1.165) is 0 Å². The van der Waals surface area contributed by atoms with Crippen LogP contribution in [0.1, 0.15) is 31.2 Å². The summed E-state index contributed by atoms with van der Waals surface area (Å²) in [5.74, 6) is -5.33. The number of nitro groups is 1. The van der Waals surface area contributed by atoms with E-state index in [9.17, 15) is 28.1 Å². The Labute approximate surface area is 129 Å². The maximum absolute atomic E-state index is 13.9. The number of ether oxygens (including phenoxy) is 1. The Kier molecular flexibility index (Phi) is 5.02. The van der Waals surface area contributed by atoms with Crippen molar-refractivity contribution in [1.29, 1.82) is 0 Å². The quantitative estimate of drug-likeness (QED) is 0.368. The summed E-state index contributed by atoms with van der Waals surface area (Å²) in [6.45, 7) is 1.73. The smallest absolute Gasteiger partial charge is 0.333 e. The van der Waals surface area contributed by atoms with Crippen LogP contribution in [0.25, 0.3) is 0 Å². The lowest BCUT2D eigenvalue weighted by molar-refractivity contribution is -0.526. The zero-order chi connectivity index (χ0) is 17.1. The molecule has 2 rings (SSSR count). The van der Waals surface area contributed by atoms with Crippen LogP contribution in [0.3, 0.4) is 0 Å². The normalized spacial score (nSPS) is 20.8. The third-order valence-electron chi connectivity index (χ3n) is 3.76. The van der Waals surface area contributed by atoms with Crippen LogP contribution >= 0.6 is 0 Å². The number of nitrogens with zero attached hydrogens (tertiary/aromatic N) is 1. The molecular formula is C15H14F3NO4. The van der Waals surface area contributed by atoms with Crippen molar-refractivity contribution < 1.29 is 27.6 Å². The SMILES string of the molecule is CCOC(=O)C1=CCC(c2cc(F)c(F)cc2F)C([N+](=O)[O-])C1. The lowest BCUT2D eigenvalue weighted by Gasteiger charge is -2.25. The first-order valence-corrected chi connectivity index (χ1v) is 6.99. The third kappa shape index (κ3) is 3.52. The van der Waals surface area contributed by atoms with E-state index in [1.165, 1.54) is 6.08 Å². The third-order valence-corrected chi connectivity index (χ3v) is 3.76. The van der Waals surface area contributed by atoms with Gasteiger partial charge in [0.15, 0.2) is 11.6 Å². The molecule has 0 saturated heterocycles. The zero-order valence-corrected chi connectivity index (χ0v) is 12.2. The molecule has 8 heteroatoms. The molecule has 23 heavy (non-hydrogen) atoms. The van der Waals surface area contributed by atoms with Gasteiger partial charge < -0.3 is 4.74 Å². The largest absolute Gasteiger partial charge is 0.463 e. The molecule has 0 N–H and O–H groups in total. The molecule has 0 fully saturated rings. The average molecular weight is 329 g/mol. The van der Waals surface area contributed by atoms with Crippen LogP contribution < -0.4 is 0 Å². The monoisotopic (exact) mass is 329 g/mol. The van der Waals surface area contributed by atoms with E-state index in [2.05, 4.69) is 0 Å². The molecule has 1 aliphatic rings. The van der Waals surface area contributed by atoms with Crippen LogP contribution in [0.2, 0.25) is 0 Å². The van der Waals surface area contributed by atoms with E-state index in [-0.39, 0.29) is 30.6 Å². The second-order valence-electron chi connectivity index (χ2n) is 5.14. The van der Waals surface area contributed by atoms with Crippen molar-refractivity contribution in [1.82, 2.24) is 0 Å². The number of halogens is 3. The van der Waals surface area contributed by atoms with Crippen LogP contribution in [0, 0.1) is 27.6 Å². The number of carbonyl (C=O) groups excluding carboxylic acids is 1. The number of benzene rings is 1. The van der Waals surface area contributed by atoms with Gasteiger partial charge in [-0.1, -0.05) is 6.08 Å². The van der Waals surface area contributed by atoms with E-state index in [1.54, 1.807) is 6.92 Å². The van der Waals surface area contributed by atoms with Gasteiger partial charge in [0.2, 0.25) is 6.04 Å². The molecule has 0 saturated carbocycles. The van der Waals surface area contributed by atoms with E-state index < -0.39 is 40.3 Å². The van der Waals surface area contributed by atoms with Gasteiger partial charge in [-0.15, -0.1) is 0 Å². The highest BCUT2D eigenvalue weighted by Crippen LogP contribution is 2.36. The van der Waals surface area contributed by atoms with Crippen molar-refractivity contribution in [2.45, 2.75) is 31.7 Å². The molecule has 1 aliphatic carbocycles. The lowest BCUT2D eigenvalue weighted by atomic mass is 9.80. The highest BCUT2D eigenvalue weighted by Gasteiger charge is 2.39. The summed E-state index contributed by atoms with van der Waals surface area (Å²) in [5.41, 5.74) is -0.141. The minimum absolute atomic E-state index is 0.0399. The predicted molar refractivity (Wildman–Crippen MR) is 73.8 cm³/mol. The van der Waals surface area contributed by atoms with Gasteiger partial charge in [-0.05, 0) is 19.4 Å². The fourth-order valence-corrected chi connectivity index (χ4v) is 2.65. The molecule has 0 aromatic heterocycles. The first kappa shape index (κ1) is 17.0. The van der Waals surface area contributed by atoms with E-state index in [4.69, 9.17) is 4.74 Å². The number of esters is 1. The number of allylic oxidation sites excluding steroid dienone is 1. The molecule has 0 amide bonds. The van der Waals surface area contributed by atoms with Crippen LogP contribution in [-0.2, 0) is 9.53 Å². The van der Waals surface area contributed by atoms with E-state index in [1.807, 2.05) is 0 Å². The first-order valence-electron chi connectivity index (χ1n) is 6.99. The molecule has 1 aromatic rings. The number of hydrogen-bond donors (Lipinski definition) is 0. The van der Waals surface area contributed by atoms with E-state index >= 15 is 0 Å². The van der Waals surface area contributed by atoms with Crippen LogP contribution in [0.5, 0.6) is 0 Å². The van der Waals surface area contributed by atoms with Gasteiger partial charge in [-0.3, -0.25) is 10.1 Å². The molecule has 0 bridgehead atoms. The molecule has 0 heterocycles. The van der Waals surface area contributed by atoms with E-state index in [0.29, 0.717) is 12.1 Å². The summed E-state index contributed by atoms with van der Waals surface area (Å²) in [4.78, 5) is 22.3. The van der Waals surface area contributed by atoms with Gasteiger partial charge in [0.1, 0.15) is 5.82 Å². The van der Waals surface area contributed by atoms with Crippen LogP contribution in [-0.4, -0.2) is 23.5 Å². The fraction of sp³-hybridized carbons (Fsp3) is 0.400. The standard InChI is InChI=1S/C15H14F3NO4/c1-2-23-15(20)8-3-4-9(14(5-8)19(21)22)10-6-12(17)13(18)7-11(10)16/h3,6-7,9,14H,2,4-5H2,1H3. The second-order valence-corrected chi connectivity index (χ2v) is 5.14. The van der Waals surface area contributed by atoms with Crippen LogP contribution in [0.15, 0.2) is 23.8 Å². The summed E-state index contributed by atoms with van der Waals surface area (Å²) in [6.07, 6.45) is 1.13. The molecule has 0 radical (unpaired) electrons. The van der Waals surface area contributed by atoms with Crippen molar-refractivity contribution in [2.24, 2.45) is 0 Å². The fourth-order valence-electron chi connectivity index (χ4n) is 2.65. The highest BCUT2D eigenvalue weighted by atomic mass is 19.2. The summed E-state index contributed by atoms with van der Waals surface area (Å²) < 4.78 is 45.0. The Bertz CT molecular complexity index is 675. The molecule has 2 atom stereocenters. The number of carbonyl (C=O) groups is 1. The maximum Gasteiger partial charge on any atom is 0.333 e. The summed E-state index contributed by atoms with van der Waals surface area (Å²) >= 11 is 0. The Balaban J connectivity index is 2.37. The Morgan fingerprint density at radius 3 is 2.57 bits per heavy atom. The Morgan fingerprint density at radius 2 is 1.96 bits per heavy atom. The summed E-state index contributed by atoms with van der Waals surface area (Å²) in [5, 5.41) is 11.3. The van der Waals surface area contributed by atoms with Gasteiger partial charge in [-0.2, -0.15) is 0 Å².